The first-order chi connectivity index (χ1) is 13.5. The average Bonchev–Trinajstić information content (AvgIpc) is 3.12. The maximum atomic E-state index is 11.8. The third-order valence-corrected chi connectivity index (χ3v) is 5.54. The maximum absolute atomic E-state index is 11.8. The standard InChI is InChI=1S/C20H22ClN5O2/c21-14-6-7-16-17(11-14)25-26(24-16)18-9-12(10-19(27)23-22)8-15(20(18)28)13-4-2-1-3-5-13/h6-9,11,13,28H,1-5,10,22H2,(H,23,27). The highest BCUT2D eigenvalue weighted by Gasteiger charge is 2.23. The fraction of sp³-hybridized carbons (Fsp3) is 0.350. The number of carbonyl (C=O) groups is 1. The van der Waals surface area contributed by atoms with Crippen molar-refractivity contribution in [2.75, 3.05) is 0 Å². The van der Waals surface area contributed by atoms with E-state index >= 15 is 0 Å². The summed E-state index contributed by atoms with van der Waals surface area (Å²) in [6.07, 6.45) is 5.64. The number of benzene rings is 2. The second-order valence-electron chi connectivity index (χ2n) is 7.25. The number of rotatable bonds is 4. The van der Waals surface area contributed by atoms with Gasteiger partial charge >= 0.3 is 0 Å². The molecule has 4 N–H and O–H groups in total. The first-order valence-electron chi connectivity index (χ1n) is 9.43. The molecule has 1 heterocycles. The lowest BCUT2D eigenvalue weighted by atomic mass is 9.82. The molecular weight excluding hydrogens is 378 g/mol. The Morgan fingerprint density at radius 3 is 2.68 bits per heavy atom. The van der Waals surface area contributed by atoms with E-state index in [4.69, 9.17) is 17.4 Å². The Hall–Kier alpha value is -2.64. The summed E-state index contributed by atoms with van der Waals surface area (Å²) in [5, 5.41) is 20.5. The monoisotopic (exact) mass is 399 g/mol. The van der Waals surface area contributed by atoms with Crippen LogP contribution in [-0.2, 0) is 11.2 Å². The molecule has 1 fully saturated rings. The summed E-state index contributed by atoms with van der Waals surface area (Å²) in [6.45, 7) is 0. The molecule has 1 saturated carbocycles. The number of hydrazine groups is 1. The smallest absolute Gasteiger partial charge is 0.238 e. The molecule has 0 aliphatic heterocycles. The van der Waals surface area contributed by atoms with E-state index in [0.29, 0.717) is 21.7 Å². The Morgan fingerprint density at radius 1 is 1.18 bits per heavy atom. The number of aromatic hydroxyl groups is 1. The van der Waals surface area contributed by atoms with E-state index in [9.17, 15) is 9.90 Å². The van der Waals surface area contributed by atoms with Crippen LogP contribution in [0.25, 0.3) is 16.7 Å². The van der Waals surface area contributed by atoms with Crippen LogP contribution in [-0.4, -0.2) is 26.0 Å². The van der Waals surface area contributed by atoms with Gasteiger partial charge < -0.3 is 5.11 Å². The number of nitrogens with zero attached hydrogens (tertiary/aromatic N) is 3. The minimum Gasteiger partial charge on any atom is -0.505 e. The lowest BCUT2D eigenvalue weighted by Crippen LogP contribution is -2.31. The summed E-state index contributed by atoms with van der Waals surface area (Å²) in [5.74, 6) is 5.38. The van der Waals surface area contributed by atoms with Crippen LogP contribution in [0, 0.1) is 0 Å². The van der Waals surface area contributed by atoms with Gasteiger partial charge in [0.05, 0.1) is 6.42 Å². The number of carbonyl (C=O) groups excluding carboxylic acids is 1. The second-order valence-corrected chi connectivity index (χ2v) is 7.69. The number of phenolic OH excluding ortho intramolecular Hbond substituents is 1. The van der Waals surface area contributed by atoms with E-state index in [-0.39, 0.29) is 24.0 Å². The minimum absolute atomic E-state index is 0.121. The highest BCUT2D eigenvalue weighted by atomic mass is 35.5. The summed E-state index contributed by atoms with van der Waals surface area (Å²) in [4.78, 5) is 13.2. The fourth-order valence-electron chi connectivity index (χ4n) is 3.91. The molecule has 7 nitrogen and oxygen atoms in total. The van der Waals surface area contributed by atoms with Gasteiger partial charge in [-0.1, -0.05) is 36.9 Å². The Bertz CT molecular complexity index is 1030. The Balaban J connectivity index is 1.83. The van der Waals surface area contributed by atoms with Crippen molar-refractivity contribution in [1.29, 1.82) is 0 Å². The van der Waals surface area contributed by atoms with Gasteiger partial charge in [0.1, 0.15) is 22.5 Å². The molecule has 1 aromatic heterocycles. The Labute approximate surface area is 167 Å². The number of hydrogen-bond acceptors (Lipinski definition) is 5. The van der Waals surface area contributed by atoms with Crippen LogP contribution in [0.4, 0.5) is 0 Å². The first-order valence-corrected chi connectivity index (χ1v) is 9.81. The van der Waals surface area contributed by atoms with Crippen molar-refractivity contribution in [3.8, 4) is 11.4 Å². The molecule has 28 heavy (non-hydrogen) atoms. The number of halogens is 1. The van der Waals surface area contributed by atoms with Crippen LogP contribution < -0.4 is 11.3 Å². The molecule has 0 spiro atoms. The zero-order valence-corrected chi connectivity index (χ0v) is 16.1. The second kappa shape index (κ2) is 7.77. The zero-order chi connectivity index (χ0) is 19.7. The average molecular weight is 400 g/mol. The molecule has 0 saturated heterocycles. The number of aromatic nitrogens is 3. The number of phenols is 1. The summed E-state index contributed by atoms with van der Waals surface area (Å²) in [5.41, 5.74) is 5.53. The van der Waals surface area contributed by atoms with Gasteiger partial charge in [0.2, 0.25) is 5.91 Å². The lowest BCUT2D eigenvalue weighted by Gasteiger charge is -2.24. The molecule has 2 aromatic carbocycles. The van der Waals surface area contributed by atoms with Crippen molar-refractivity contribution in [3.05, 3.63) is 46.5 Å². The number of fused-ring (bicyclic) bond motifs is 1. The van der Waals surface area contributed by atoms with E-state index in [1.807, 2.05) is 6.07 Å². The van der Waals surface area contributed by atoms with Crippen LogP contribution >= 0.6 is 11.6 Å². The van der Waals surface area contributed by atoms with Gasteiger partial charge in [0.25, 0.3) is 0 Å². The molecule has 4 rings (SSSR count). The first kappa shape index (κ1) is 18.7. The quantitative estimate of drug-likeness (QED) is 0.354. The molecule has 0 radical (unpaired) electrons. The van der Waals surface area contributed by atoms with E-state index in [2.05, 4.69) is 15.6 Å². The molecule has 8 heteroatoms. The van der Waals surface area contributed by atoms with E-state index < -0.39 is 0 Å². The number of amides is 1. The summed E-state index contributed by atoms with van der Waals surface area (Å²) in [7, 11) is 0. The van der Waals surface area contributed by atoms with Gasteiger partial charge in [-0.15, -0.1) is 15.0 Å². The van der Waals surface area contributed by atoms with Crippen LogP contribution in [0.1, 0.15) is 49.1 Å². The molecular formula is C20H22ClN5O2. The molecule has 3 aromatic rings. The number of nitrogens with two attached hydrogens (primary N) is 1. The summed E-state index contributed by atoms with van der Waals surface area (Å²) in [6, 6.07) is 8.90. The third kappa shape index (κ3) is 3.68. The van der Waals surface area contributed by atoms with Crippen molar-refractivity contribution < 1.29 is 9.90 Å². The zero-order valence-electron chi connectivity index (χ0n) is 15.4. The Morgan fingerprint density at radius 2 is 1.93 bits per heavy atom. The van der Waals surface area contributed by atoms with Gasteiger partial charge in [-0.2, -0.15) is 0 Å². The van der Waals surface area contributed by atoms with E-state index in [1.54, 1.807) is 24.3 Å². The molecule has 0 atom stereocenters. The van der Waals surface area contributed by atoms with Gasteiger partial charge in [-0.05, 0) is 54.2 Å². The summed E-state index contributed by atoms with van der Waals surface area (Å²) >= 11 is 6.05. The minimum atomic E-state index is -0.295. The SMILES string of the molecule is NNC(=O)Cc1cc(C2CCCCC2)c(O)c(-n2nc3ccc(Cl)cc3n2)c1. The van der Waals surface area contributed by atoms with Crippen molar-refractivity contribution in [2.24, 2.45) is 5.84 Å². The Kier molecular flexibility index (Phi) is 5.19. The van der Waals surface area contributed by atoms with Gasteiger partial charge in [0, 0.05) is 5.02 Å². The van der Waals surface area contributed by atoms with Gasteiger partial charge in [-0.25, -0.2) is 5.84 Å². The van der Waals surface area contributed by atoms with Crippen molar-refractivity contribution >= 4 is 28.5 Å². The lowest BCUT2D eigenvalue weighted by molar-refractivity contribution is -0.120. The third-order valence-electron chi connectivity index (χ3n) is 5.31. The largest absolute Gasteiger partial charge is 0.505 e. The van der Waals surface area contributed by atoms with Crippen LogP contribution in [0.5, 0.6) is 5.75 Å². The molecule has 1 aliphatic rings. The molecule has 1 amide bonds. The molecule has 0 bridgehead atoms. The maximum Gasteiger partial charge on any atom is 0.238 e. The van der Waals surface area contributed by atoms with Crippen LogP contribution in [0.15, 0.2) is 30.3 Å². The highest BCUT2D eigenvalue weighted by molar-refractivity contribution is 6.31. The molecule has 1 aliphatic carbocycles. The fourth-order valence-corrected chi connectivity index (χ4v) is 4.08. The van der Waals surface area contributed by atoms with Gasteiger partial charge in [0.15, 0.2) is 0 Å². The van der Waals surface area contributed by atoms with Crippen molar-refractivity contribution in [2.45, 2.75) is 44.4 Å². The molecule has 146 valence electrons. The van der Waals surface area contributed by atoms with Gasteiger partial charge in [-0.3, -0.25) is 10.2 Å². The molecule has 0 unspecified atom stereocenters. The number of nitrogens with one attached hydrogen (secondary N) is 1. The normalized spacial score (nSPS) is 15.1. The highest BCUT2D eigenvalue weighted by Crippen LogP contribution is 2.40. The van der Waals surface area contributed by atoms with Crippen molar-refractivity contribution in [3.63, 3.8) is 0 Å². The summed E-state index contributed by atoms with van der Waals surface area (Å²) < 4.78 is 0. The topological polar surface area (TPSA) is 106 Å². The number of hydrogen-bond donors (Lipinski definition) is 3. The van der Waals surface area contributed by atoms with Crippen LogP contribution in [0.2, 0.25) is 5.02 Å². The van der Waals surface area contributed by atoms with Crippen molar-refractivity contribution in [1.82, 2.24) is 20.4 Å². The van der Waals surface area contributed by atoms with Crippen LogP contribution in [0.3, 0.4) is 0 Å². The predicted molar refractivity (Wildman–Crippen MR) is 107 cm³/mol. The predicted octanol–water partition coefficient (Wildman–Crippen LogP) is 3.36. The van der Waals surface area contributed by atoms with E-state index in [1.165, 1.54) is 11.2 Å². The van der Waals surface area contributed by atoms with E-state index in [0.717, 1.165) is 36.8 Å².